The Morgan fingerprint density at radius 2 is 1.94 bits per heavy atom. The van der Waals surface area contributed by atoms with Crippen molar-refractivity contribution in [2.75, 3.05) is 32.9 Å². The van der Waals surface area contributed by atoms with E-state index in [4.69, 9.17) is 9.47 Å². The molecule has 1 aromatic carbocycles. The lowest BCUT2D eigenvalue weighted by Crippen LogP contribution is -2.45. The Morgan fingerprint density at radius 1 is 1.23 bits per heavy atom. The van der Waals surface area contributed by atoms with Crippen LogP contribution in [-0.2, 0) is 24.3 Å². The highest BCUT2D eigenvalue weighted by molar-refractivity contribution is 7.89. The zero-order valence-corrected chi connectivity index (χ0v) is 18.6. The summed E-state index contributed by atoms with van der Waals surface area (Å²) in [4.78, 5) is 24.0. The van der Waals surface area contributed by atoms with Crippen molar-refractivity contribution in [2.45, 2.75) is 44.0 Å². The Balaban J connectivity index is 1.63. The van der Waals surface area contributed by atoms with Crippen LogP contribution in [0.4, 0.5) is 4.39 Å². The van der Waals surface area contributed by atoms with Gasteiger partial charge in [-0.3, -0.25) is 4.79 Å². The van der Waals surface area contributed by atoms with Crippen LogP contribution in [0.2, 0.25) is 0 Å². The molecule has 0 spiro atoms. The summed E-state index contributed by atoms with van der Waals surface area (Å²) < 4.78 is 51.0. The fourth-order valence-corrected chi connectivity index (χ4v) is 5.50. The molecule has 0 radical (unpaired) electrons. The first-order chi connectivity index (χ1) is 14.7. The fraction of sp³-hybridized carbons (Fsp3) is 0.619. The monoisotopic (exact) mass is 456 g/mol. The van der Waals surface area contributed by atoms with Crippen LogP contribution in [0.5, 0.6) is 0 Å². The third-order valence-electron chi connectivity index (χ3n) is 6.14. The smallest absolute Gasteiger partial charge is 0.338 e. The number of amides is 1. The number of nitrogens with zero attached hydrogens (tertiary/aromatic N) is 1. The molecule has 2 aliphatic rings. The Kier molecular flexibility index (Phi) is 7.66. The third kappa shape index (κ3) is 5.61. The zero-order valence-electron chi connectivity index (χ0n) is 17.8. The Bertz CT molecular complexity index is 916. The first-order valence-corrected chi connectivity index (χ1v) is 12.0. The van der Waals surface area contributed by atoms with Crippen LogP contribution in [0.1, 0.15) is 43.5 Å². The highest BCUT2D eigenvalue weighted by Gasteiger charge is 2.31. The molecule has 1 aliphatic carbocycles. The van der Waals surface area contributed by atoms with E-state index in [0.29, 0.717) is 11.8 Å². The van der Waals surface area contributed by atoms with Gasteiger partial charge in [0.15, 0.2) is 6.61 Å². The summed E-state index contributed by atoms with van der Waals surface area (Å²) in [5.74, 6) is -1.42. The maximum atomic E-state index is 14.3. The predicted molar refractivity (Wildman–Crippen MR) is 110 cm³/mol. The molecule has 1 saturated heterocycles. The highest BCUT2D eigenvalue weighted by atomic mass is 32.2. The SMILES string of the molecule is CC1CCCC(NC(=O)COC(=O)c2ccc(F)c(S(=O)(=O)N3CCOCC3)c2)C1C. The standard InChI is InChI=1S/C21H29FN2O6S/c1-14-4-3-5-18(15(14)2)23-20(25)13-30-21(26)16-6-7-17(22)19(12-16)31(27,28)24-8-10-29-11-9-24/h6-7,12,14-15,18H,3-5,8-11,13H2,1-2H3,(H,23,25). The summed E-state index contributed by atoms with van der Waals surface area (Å²) in [6, 6.07) is 3.03. The van der Waals surface area contributed by atoms with Crippen molar-refractivity contribution < 1.29 is 31.9 Å². The number of carbonyl (C=O) groups excluding carboxylic acids is 2. The van der Waals surface area contributed by atoms with Crippen LogP contribution in [0, 0.1) is 17.7 Å². The average molecular weight is 457 g/mol. The molecule has 31 heavy (non-hydrogen) atoms. The van der Waals surface area contributed by atoms with E-state index in [2.05, 4.69) is 19.2 Å². The van der Waals surface area contributed by atoms with Gasteiger partial charge in [0.2, 0.25) is 10.0 Å². The normalized spacial score (nSPS) is 25.1. The van der Waals surface area contributed by atoms with Crippen LogP contribution in [0.15, 0.2) is 23.1 Å². The third-order valence-corrected chi connectivity index (χ3v) is 8.06. The highest BCUT2D eigenvalue weighted by Crippen LogP contribution is 2.29. The van der Waals surface area contributed by atoms with Crippen molar-refractivity contribution in [1.29, 1.82) is 0 Å². The molecular weight excluding hydrogens is 427 g/mol. The molecule has 1 saturated carbocycles. The van der Waals surface area contributed by atoms with E-state index in [1.807, 2.05) is 0 Å². The molecule has 0 bridgehead atoms. The number of hydrogen-bond acceptors (Lipinski definition) is 6. The lowest BCUT2D eigenvalue weighted by molar-refractivity contribution is -0.125. The van der Waals surface area contributed by atoms with Gasteiger partial charge in [0, 0.05) is 19.1 Å². The molecule has 3 unspecified atom stereocenters. The quantitative estimate of drug-likeness (QED) is 0.657. The van der Waals surface area contributed by atoms with Crippen LogP contribution >= 0.6 is 0 Å². The number of rotatable bonds is 6. The van der Waals surface area contributed by atoms with Crippen molar-refractivity contribution in [3.63, 3.8) is 0 Å². The van der Waals surface area contributed by atoms with E-state index >= 15 is 0 Å². The molecular formula is C21H29FN2O6S. The van der Waals surface area contributed by atoms with Crippen molar-refractivity contribution in [1.82, 2.24) is 9.62 Å². The molecule has 1 aliphatic heterocycles. The molecule has 10 heteroatoms. The molecule has 3 rings (SSSR count). The summed E-state index contributed by atoms with van der Waals surface area (Å²) in [6.45, 7) is 4.41. The maximum Gasteiger partial charge on any atom is 0.338 e. The van der Waals surface area contributed by atoms with Crippen LogP contribution in [0.3, 0.4) is 0 Å². The van der Waals surface area contributed by atoms with E-state index in [1.54, 1.807) is 0 Å². The summed E-state index contributed by atoms with van der Waals surface area (Å²) in [7, 11) is -4.12. The predicted octanol–water partition coefficient (Wildman–Crippen LogP) is 1.94. The number of hydrogen-bond donors (Lipinski definition) is 1. The molecule has 1 amide bonds. The molecule has 2 fully saturated rings. The van der Waals surface area contributed by atoms with Crippen molar-refractivity contribution >= 4 is 21.9 Å². The minimum absolute atomic E-state index is 0.0334. The van der Waals surface area contributed by atoms with Gasteiger partial charge in [0.25, 0.3) is 5.91 Å². The van der Waals surface area contributed by atoms with Crippen LogP contribution in [0.25, 0.3) is 0 Å². The van der Waals surface area contributed by atoms with Crippen LogP contribution in [-0.4, -0.2) is 63.6 Å². The summed E-state index contributed by atoms with van der Waals surface area (Å²) >= 11 is 0. The van der Waals surface area contributed by atoms with Crippen LogP contribution < -0.4 is 5.32 Å². The van der Waals surface area contributed by atoms with Gasteiger partial charge in [0.05, 0.1) is 18.8 Å². The largest absolute Gasteiger partial charge is 0.452 e. The van der Waals surface area contributed by atoms with E-state index in [9.17, 15) is 22.4 Å². The number of carbonyl (C=O) groups is 2. The number of morpholine rings is 1. The van der Waals surface area contributed by atoms with Crippen molar-refractivity contribution in [3.8, 4) is 0 Å². The minimum atomic E-state index is -4.12. The van der Waals surface area contributed by atoms with Gasteiger partial charge in [-0.05, 0) is 36.5 Å². The first kappa shape index (κ1) is 23.6. The Labute approximate surface area is 182 Å². The summed E-state index contributed by atoms with van der Waals surface area (Å²) in [5, 5.41) is 2.90. The van der Waals surface area contributed by atoms with Crippen molar-refractivity contribution in [3.05, 3.63) is 29.6 Å². The second-order valence-corrected chi connectivity index (χ2v) is 10.1. The molecule has 0 aromatic heterocycles. The molecule has 1 N–H and O–H groups in total. The lowest BCUT2D eigenvalue weighted by atomic mass is 9.78. The second-order valence-electron chi connectivity index (χ2n) is 8.18. The van der Waals surface area contributed by atoms with Gasteiger partial charge in [-0.2, -0.15) is 4.31 Å². The Hall–Kier alpha value is -2.04. The first-order valence-electron chi connectivity index (χ1n) is 10.5. The maximum absolute atomic E-state index is 14.3. The van der Waals surface area contributed by atoms with Crippen molar-refractivity contribution in [2.24, 2.45) is 11.8 Å². The molecule has 1 heterocycles. The van der Waals surface area contributed by atoms with Gasteiger partial charge < -0.3 is 14.8 Å². The van der Waals surface area contributed by atoms with Gasteiger partial charge in [0.1, 0.15) is 10.7 Å². The number of esters is 1. The average Bonchev–Trinajstić information content (AvgIpc) is 2.76. The number of sulfonamides is 1. The van der Waals surface area contributed by atoms with Gasteiger partial charge in [-0.15, -0.1) is 0 Å². The molecule has 8 nitrogen and oxygen atoms in total. The number of ether oxygens (including phenoxy) is 2. The van der Waals surface area contributed by atoms with Gasteiger partial charge in [-0.1, -0.05) is 26.7 Å². The second kappa shape index (κ2) is 10.1. The van der Waals surface area contributed by atoms with E-state index < -0.39 is 39.2 Å². The zero-order chi connectivity index (χ0) is 22.6. The number of benzene rings is 1. The summed E-state index contributed by atoms with van der Waals surface area (Å²) in [5.41, 5.74) is -0.138. The topological polar surface area (TPSA) is 102 Å². The van der Waals surface area contributed by atoms with E-state index in [-0.39, 0.29) is 37.9 Å². The summed E-state index contributed by atoms with van der Waals surface area (Å²) in [6.07, 6.45) is 3.04. The van der Waals surface area contributed by atoms with E-state index in [1.165, 1.54) is 0 Å². The molecule has 3 atom stereocenters. The number of nitrogens with one attached hydrogen (secondary N) is 1. The Morgan fingerprint density at radius 3 is 2.65 bits per heavy atom. The van der Waals surface area contributed by atoms with Gasteiger partial charge in [-0.25, -0.2) is 17.6 Å². The van der Waals surface area contributed by atoms with Gasteiger partial charge >= 0.3 is 5.97 Å². The fourth-order valence-electron chi connectivity index (χ4n) is 4.00. The molecule has 1 aromatic rings. The minimum Gasteiger partial charge on any atom is -0.452 e. The lowest BCUT2D eigenvalue weighted by Gasteiger charge is -2.34. The molecule has 172 valence electrons. The van der Waals surface area contributed by atoms with E-state index in [0.717, 1.165) is 41.8 Å². The number of halogens is 1.